The molecule has 2 saturated carbocycles. The van der Waals surface area contributed by atoms with Crippen LogP contribution in [0.25, 0.3) is 0 Å². The molecule has 42 heavy (non-hydrogen) atoms. The molecule has 0 aromatic heterocycles. The monoisotopic (exact) mass is 571 g/mol. The Morgan fingerprint density at radius 1 is 1.05 bits per heavy atom. The molecule has 1 spiro atoms. The SMILES string of the molecule is CCc1ccc2c(c1)C(=NC[C@@H](O)[C@H](Cc1ccccc1)NC(=O)C1CCCN(C3CCCC3)C1)CC1(CCCC1)O2. The van der Waals surface area contributed by atoms with Crippen LogP contribution in [-0.2, 0) is 17.6 Å². The lowest BCUT2D eigenvalue weighted by Gasteiger charge is -2.37. The van der Waals surface area contributed by atoms with Crippen molar-refractivity contribution in [3.63, 3.8) is 0 Å². The number of aryl methyl sites for hydroxylation is 1. The molecule has 2 aliphatic carbocycles. The second-order valence-electron chi connectivity index (χ2n) is 13.3. The number of likely N-dealkylation sites (tertiary alicyclic amines) is 1. The highest BCUT2D eigenvalue weighted by Gasteiger charge is 2.42. The van der Waals surface area contributed by atoms with Gasteiger partial charge in [-0.2, -0.15) is 0 Å². The summed E-state index contributed by atoms with van der Waals surface area (Å²) >= 11 is 0. The average Bonchev–Trinajstić information content (AvgIpc) is 3.73. The third kappa shape index (κ3) is 6.75. The lowest BCUT2D eigenvalue weighted by atomic mass is 9.87. The van der Waals surface area contributed by atoms with Gasteiger partial charge in [0.05, 0.1) is 24.6 Å². The zero-order chi connectivity index (χ0) is 28.9. The molecule has 2 aromatic rings. The van der Waals surface area contributed by atoms with Gasteiger partial charge < -0.3 is 15.2 Å². The Labute approximate surface area is 251 Å². The number of aliphatic hydroxyl groups is 1. The van der Waals surface area contributed by atoms with Gasteiger partial charge in [-0.25, -0.2) is 0 Å². The lowest BCUT2D eigenvalue weighted by Crippen LogP contribution is -2.52. The number of rotatable bonds is 9. The van der Waals surface area contributed by atoms with Crippen molar-refractivity contribution < 1.29 is 14.6 Å². The Bertz CT molecular complexity index is 1230. The molecule has 6 nitrogen and oxygen atoms in total. The third-order valence-electron chi connectivity index (χ3n) is 10.3. The molecular weight excluding hydrogens is 522 g/mol. The Morgan fingerprint density at radius 2 is 1.83 bits per heavy atom. The van der Waals surface area contributed by atoms with E-state index in [2.05, 4.69) is 47.5 Å². The maximum atomic E-state index is 13.7. The minimum atomic E-state index is -0.781. The second kappa shape index (κ2) is 13.3. The fourth-order valence-electron chi connectivity index (χ4n) is 7.82. The number of nitrogens with one attached hydrogen (secondary N) is 1. The minimum absolute atomic E-state index is 0.0202. The maximum Gasteiger partial charge on any atom is 0.224 e. The maximum absolute atomic E-state index is 13.7. The number of aliphatic hydroxyl groups excluding tert-OH is 1. The zero-order valence-electron chi connectivity index (χ0n) is 25.4. The van der Waals surface area contributed by atoms with Gasteiger partial charge in [-0.15, -0.1) is 0 Å². The third-order valence-corrected chi connectivity index (χ3v) is 10.3. The molecule has 0 radical (unpaired) electrons. The molecule has 1 saturated heterocycles. The highest BCUT2D eigenvalue weighted by molar-refractivity contribution is 6.04. The van der Waals surface area contributed by atoms with Crippen molar-refractivity contribution in [3.05, 3.63) is 65.2 Å². The minimum Gasteiger partial charge on any atom is -0.486 e. The van der Waals surface area contributed by atoms with Gasteiger partial charge >= 0.3 is 0 Å². The summed E-state index contributed by atoms with van der Waals surface area (Å²) in [6.07, 6.45) is 13.1. The fraction of sp³-hybridized carbons (Fsp3) is 0.611. The first-order valence-electron chi connectivity index (χ1n) is 16.6. The van der Waals surface area contributed by atoms with Gasteiger partial charge in [0.2, 0.25) is 5.91 Å². The summed E-state index contributed by atoms with van der Waals surface area (Å²) < 4.78 is 6.60. The predicted octanol–water partition coefficient (Wildman–Crippen LogP) is 5.88. The highest BCUT2D eigenvalue weighted by atomic mass is 16.5. The van der Waals surface area contributed by atoms with Crippen LogP contribution in [0.15, 0.2) is 53.5 Å². The van der Waals surface area contributed by atoms with Gasteiger partial charge in [0.25, 0.3) is 0 Å². The summed E-state index contributed by atoms with van der Waals surface area (Å²) in [5.74, 6) is 0.985. The van der Waals surface area contributed by atoms with Crippen molar-refractivity contribution in [2.75, 3.05) is 19.6 Å². The van der Waals surface area contributed by atoms with Crippen molar-refractivity contribution in [2.45, 2.75) is 114 Å². The van der Waals surface area contributed by atoms with E-state index in [0.29, 0.717) is 12.5 Å². The zero-order valence-corrected chi connectivity index (χ0v) is 25.4. The molecule has 2 N–H and O–H groups in total. The number of benzene rings is 2. The standard InChI is InChI=1S/C36H49N3O3/c1-2-26-16-17-34-30(21-26)32(23-36(42-34)18-8-9-19-36)37-24-33(40)31(22-27-11-4-3-5-12-27)38-35(41)28-13-10-20-39(25-28)29-14-6-7-15-29/h3-5,11-12,16-17,21,28-29,31,33,40H,2,6-10,13-15,18-20,22-25H2,1H3,(H,38,41)/t28?,31-,33+/m0/s1. The number of amides is 1. The number of carbonyl (C=O) groups is 1. The van der Waals surface area contributed by atoms with Crippen LogP contribution in [0.2, 0.25) is 0 Å². The van der Waals surface area contributed by atoms with E-state index in [0.717, 1.165) is 74.2 Å². The molecule has 4 aliphatic rings. The van der Waals surface area contributed by atoms with E-state index in [1.54, 1.807) is 0 Å². The number of ether oxygens (including phenoxy) is 1. The molecule has 6 heteroatoms. The molecule has 2 aromatic carbocycles. The Balaban J connectivity index is 1.19. The molecule has 1 unspecified atom stereocenters. The predicted molar refractivity (Wildman–Crippen MR) is 168 cm³/mol. The van der Waals surface area contributed by atoms with E-state index in [1.807, 2.05) is 18.2 Å². The average molecular weight is 572 g/mol. The molecular formula is C36H49N3O3. The molecule has 6 rings (SSSR count). The van der Waals surface area contributed by atoms with Gasteiger partial charge in [0.1, 0.15) is 11.4 Å². The van der Waals surface area contributed by atoms with E-state index in [-0.39, 0.29) is 24.0 Å². The first kappa shape index (κ1) is 29.4. The number of aliphatic imine (C=N–C) groups is 1. The van der Waals surface area contributed by atoms with Crippen LogP contribution in [0.1, 0.15) is 94.2 Å². The van der Waals surface area contributed by atoms with Gasteiger partial charge in [0, 0.05) is 30.3 Å². The number of hydrogen-bond acceptors (Lipinski definition) is 5. The fourth-order valence-corrected chi connectivity index (χ4v) is 7.82. The normalized spacial score (nSPS) is 24.8. The smallest absolute Gasteiger partial charge is 0.224 e. The molecule has 3 atom stereocenters. The molecule has 2 heterocycles. The van der Waals surface area contributed by atoms with Crippen molar-refractivity contribution >= 4 is 11.6 Å². The summed E-state index contributed by atoms with van der Waals surface area (Å²) in [5, 5.41) is 14.9. The van der Waals surface area contributed by atoms with E-state index >= 15 is 0 Å². The first-order valence-corrected chi connectivity index (χ1v) is 16.6. The number of nitrogens with zero attached hydrogens (tertiary/aromatic N) is 2. The number of piperidine rings is 1. The van der Waals surface area contributed by atoms with Crippen molar-refractivity contribution in [1.82, 2.24) is 10.2 Å². The second-order valence-corrected chi connectivity index (χ2v) is 13.3. The Kier molecular flexibility index (Phi) is 9.30. The van der Waals surface area contributed by atoms with Crippen LogP contribution in [-0.4, -0.2) is 65.0 Å². The van der Waals surface area contributed by atoms with Crippen LogP contribution < -0.4 is 10.1 Å². The van der Waals surface area contributed by atoms with Gasteiger partial charge in [-0.1, -0.05) is 56.2 Å². The molecule has 0 bridgehead atoms. The molecule has 1 amide bonds. The summed E-state index contributed by atoms with van der Waals surface area (Å²) in [7, 11) is 0. The highest BCUT2D eigenvalue weighted by Crippen LogP contribution is 2.43. The number of fused-ring (bicyclic) bond motifs is 1. The van der Waals surface area contributed by atoms with Crippen LogP contribution in [0.3, 0.4) is 0 Å². The van der Waals surface area contributed by atoms with Crippen molar-refractivity contribution in [1.29, 1.82) is 0 Å². The van der Waals surface area contributed by atoms with Gasteiger partial charge in [-0.05, 0) is 94.0 Å². The molecule has 3 fully saturated rings. The number of carbonyl (C=O) groups excluding carboxylic acids is 1. The summed E-state index contributed by atoms with van der Waals surface area (Å²) in [5.41, 5.74) is 4.31. The van der Waals surface area contributed by atoms with Crippen LogP contribution >= 0.6 is 0 Å². The molecule has 226 valence electrons. The topological polar surface area (TPSA) is 74.2 Å². The quantitative estimate of drug-likeness (QED) is 0.395. The largest absolute Gasteiger partial charge is 0.486 e. The van der Waals surface area contributed by atoms with Crippen molar-refractivity contribution in [2.24, 2.45) is 10.9 Å². The first-order chi connectivity index (χ1) is 20.5. The van der Waals surface area contributed by atoms with Crippen LogP contribution in [0.5, 0.6) is 5.75 Å². The summed E-state index contributed by atoms with van der Waals surface area (Å²) in [6.45, 7) is 4.37. The van der Waals surface area contributed by atoms with Crippen molar-refractivity contribution in [3.8, 4) is 5.75 Å². The van der Waals surface area contributed by atoms with Gasteiger partial charge in [-0.3, -0.25) is 14.7 Å². The lowest BCUT2D eigenvalue weighted by molar-refractivity contribution is -0.128. The van der Waals surface area contributed by atoms with E-state index in [9.17, 15) is 9.90 Å². The Hall–Kier alpha value is -2.70. The van der Waals surface area contributed by atoms with Gasteiger partial charge in [0.15, 0.2) is 0 Å². The van der Waals surface area contributed by atoms with E-state index in [1.165, 1.54) is 44.1 Å². The van der Waals surface area contributed by atoms with E-state index in [4.69, 9.17) is 9.73 Å². The summed E-state index contributed by atoms with van der Waals surface area (Å²) in [6, 6.07) is 16.9. The molecule has 2 aliphatic heterocycles. The van der Waals surface area contributed by atoms with E-state index < -0.39 is 12.1 Å². The van der Waals surface area contributed by atoms with Crippen LogP contribution in [0.4, 0.5) is 0 Å². The van der Waals surface area contributed by atoms with Crippen LogP contribution in [0, 0.1) is 5.92 Å². The summed E-state index contributed by atoms with van der Waals surface area (Å²) in [4.78, 5) is 21.3. The Morgan fingerprint density at radius 3 is 2.60 bits per heavy atom. The number of hydrogen-bond donors (Lipinski definition) is 2.